The standard InChI is InChI=1S/C12H15N5O2/c1-3-16-5-4-14-12(16)7-9-6-10(17(18)19)8-11(13-2)15-9/h4-6,8H,3,7H2,1-2H3,(H,13,15). The first-order valence-corrected chi connectivity index (χ1v) is 5.97. The highest BCUT2D eigenvalue weighted by atomic mass is 16.6. The van der Waals surface area contributed by atoms with Crippen LogP contribution in [0.5, 0.6) is 0 Å². The molecule has 0 fully saturated rings. The summed E-state index contributed by atoms with van der Waals surface area (Å²) in [4.78, 5) is 19.0. The molecule has 0 spiro atoms. The molecule has 0 radical (unpaired) electrons. The second kappa shape index (κ2) is 5.47. The number of nitro groups is 1. The van der Waals surface area contributed by atoms with Gasteiger partial charge in [-0.15, -0.1) is 0 Å². The van der Waals surface area contributed by atoms with Gasteiger partial charge in [0.15, 0.2) is 0 Å². The Labute approximate surface area is 110 Å². The lowest BCUT2D eigenvalue weighted by molar-refractivity contribution is -0.384. The number of aromatic nitrogens is 3. The van der Waals surface area contributed by atoms with E-state index < -0.39 is 4.92 Å². The van der Waals surface area contributed by atoms with Crippen molar-refractivity contribution in [2.24, 2.45) is 0 Å². The van der Waals surface area contributed by atoms with Crippen molar-refractivity contribution in [2.45, 2.75) is 19.9 Å². The van der Waals surface area contributed by atoms with Gasteiger partial charge in [-0.05, 0) is 6.92 Å². The maximum absolute atomic E-state index is 10.9. The molecule has 2 heterocycles. The monoisotopic (exact) mass is 261 g/mol. The van der Waals surface area contributed by atoms with Gasteiger partial charge in [-0.2, -0.15) is 0 Å². The van der Waals surface area contributed by atoms with Crippen molar-refractivity contribution >= 4 is 11.5 Å². The van der Waals surface area contributed by atoms with E-state index in [1.54, 1.807) is 13.2 Å². The Morgan fingerprint density at radius 1 is 1.47 bits per heavy atom. The lowest BCUT2D eigenvalue weighted by Crippen LogP contribution is -2.05. The van der Waals surface area contributed by atoms with E-state index in [4.69, 9.17) is 0 Å². The van der Waals surface area contributed by atoms with Gasteiger partial charge < -0.3 is 9.88 Å². The van der Waals surface area contributed by atoms with Crippen molar-refractivity contribution in [1.29, 1.82) is 0 Å². The second-order valence-corrected chi connectivity index (χ2v) is 4.02. The SMILES string of the molecule is CCn1ccnc1Cc1cc([N+](=O)[O-])cc(NC)n1. The summed E-state index contributed by atoms with van der Waals surface area (Å²) in [6.07, 6.45) is 4.07. The molecule has 1 N–H and O–H groups in total. The first-order chi connectivity index (χ1) is 9.13. The van der Waals surface area contributed by atoms with E-state index in [1.807, 2.05) is 17.7 Å². The number of anilines is 1. The van der Waals surface area contributed by atoms with Crippen LogP contribution in [0, 0.1) is 10.1 Å². The summed E-state index contributed by atoms with van der Waals surface area (Å²) in [5, 5.41) is 13.7. The zero-order valence-electron chi connectivity index (χ0n) is 10.8. The summed E-state index contributed by atoms with van der Waals surface area (Å²) in [7, 11) is 1.68. The van der Waals surface area contributed by atoms with Gasteiger partial charge >= 0.3 is 0 Å². The highest BCUT2D eigenvalue weighted by Crippen LogP contribution is 2.19. The topological polar surface area (TPSA) is 85.9 Å². The third kappa shape index (κ3) is 2.87. The quantitative estimate of drug-likeness (QED) is 0.655. The lowest BCUT2D eigenvalue weighted by atomic mass is 10.2. The molecule has 7 heteroatoms. The Morgan fingerprint density at radius 3 is 2.89 bits per heavy atom. The molecule has 7 nitrogen and oxygen atoms in total. The number of pyridine rings is 1. The van der Waals surface area contributed by atoms with Crippen molar-refractivity contribution in [3.05, 3.63) is 46.2 Å². The van der Waals surface area contributed by atoms with Crippen molar-refractivity contribution in [3.63, 3.8) is 0 Å². The van der Waals surface area contributed by atoms with Crippen molar-refractivity contribution in [2.75, 3.05) is 12.4 Å². The van der Waals surface area contributed by atoms with Gasteiger partial charge in [0.05, 0.1) is 16.7 Å². The maximum Gasteiger partial charge on any atom is 0.274 e. The van der Waals surface area contributed by atoms with Crippen LogP contribution in [-0.4, -0.2) is 26.5 Å². The van der Waals surface area contributed by atoms with E-state index in [-0.39, 0.29) is 5.69 Å². The van der Waals surface area contributed by atoms with Crippen LogP contribution < -0.4 is 5.32 Å². The smallest absolute Gasteiger partial charge is 0.274 e. The van der Waals surface area contributed by atoms with Crippen LogP contribution in [-0.2, 0) is 13.0 Å². The zero-order chi connectivity index (χ0) is 13.8. The van der Waals surface area contributed by atoms with Gasteiger partial charge in [0, 0.05) is 38.5 Å². The molecule has 0 bridgehead atoms. The Hall–Kier alpha value is -2.44. The summed E-state index contributed by atoms with van der Waals surface area (Å²) in [5.41, 5.74) is 0.656. The van der Waals surface area contributed by atoms with Gasteiger partial charge in [-0.1, -0.05) is 0 Å². The first kappa shape index (κ1) is 13.0. The number of nitrogens with one attached hydrogen (secondary N) is 1. The van der Waals surface area contributed by atoms with Gasteiger partial charge in [-0.3, -0.25) is 10.1 Å². The predicted molar refractivity (Wildman–Crippen MR) is 71.1 cm³/mol. The van der Waals surface area contributed by atoms with Crippen molar-refractivity contribution < 1.29 is 4.92 Å². The number of imidazole rings is 1. The van der Waals surface area contributed by atoms with Crippen LogP contribution in [0.25, 0.3) is 0 Å². The molecule has 0 aliphatic rings. The summed E-state index contributed by atoms with van der Waals surface area (Å²) < 4.78 is 1.99. The number of aryl methyl sites for hydroxylation is 1. The average Bonchev–Trinajstić information content (AvgIpc) is 2.85. The van der Waals surface area contributed by atoms with E-state index in [0.717, 1.165) is 12.4 Å². The summed E-state index contributed by atoms with van der Waals surface area (Å²) in [6, 6.07) is 2.89. The molecule has 0 aliphatic heterocycles. The molecule has 19 heavy (non-hydrogen) atoms. The molecule has 0 saturated carbocycles. The maximum atomic E-state index is 10.9. The van der Waals surface area contributed by atoms with Gasteiger partial charge in [0.2, 0.25) is 0 Å². The van der Waals surface area contributed by atoms with Crippen LogP contribution >= 0.6 is 0 Å². The minimum Gasteiger partial charge on any atom is -0.373 e. The molecule has 0 aromatic carbocycles. The molecular formula is C12H15N5O2. The van der Waals surface area contributed by atoms with E-state index in [2.05, 4.69) is 15.3 Å². The summed E-state index contributed by atoms with van der Waals surface area (Å²) in [6.45, 7) is 2.83. The van der Waals surface area contributed by atoms with E-state index in [1.165, 1.54) is 12.1 Å². The van der Waals surface area contributed by atoms with Gasteiger partial charge in [0.25, 0.3) is 5.69 Å². The molecule has 0 saturated heterocycles. The Balaban J connectivity index is 2.34. The van der Waals surface area contributed by atoms with Crippen molar-refractivity contribution in [3.8, 4) is 0 Å². The summed E-state index contributed by atoms with van der Waals surface area (Å²) in [5.74, 6) is 1.33. The Morgan fingerprint density at radius 2 is 2.26 bits per heavy atom. The number of nitrogens with zero attached hydrogens (tertiary/aromatic N) is 4. The average molecular weight is 261 g/mol. The first-order valence-electron chi connectivity index (χ1n) is 5.97. The fourth-order valence-corrected chi connectivity index (χ4v) is 1.85. The minimum absolute atomic E-state index is 0.0314. The highest BCUT2D eigenvalue weighted by molar-refractivity contribution is 5.46. The molecule has 0 unspecified atom stereocenters. The second-order valence-electron chi connectivity index (χ2n) is 4.02. The molecule has 100 valence electrons. The number of hydrogen-bond donors (Lipinski definition) is 1. The van der Waals surface area contributed by atoms with E-state index in [9.17, 15) is 10.1 Å². The molecule has 2 aromatic heterocycles. The molecule has 2 rings (SSSR count). The lowest BCUT2D eigenvalue weighted by Gasteiger charge is -2.06. The number of hydrogen-bond acceptors (Lipinski definition) is 5. The van der Waals surface area contributed by atoms with Crippen LogP contribution in [0.2, 0.25) is 0 Å². The Bertz CT molecular complexity index is 594. The van der Waals surface area contributed by atoms with Crippen LogP contribution in [0.15, 0.2) is 24.5 Å². The predicted octanol–water partition coefficient (Wildman–Crippen LogP) is 1.84. The fraction of sp³-hybridized carbons (Fsp3) is 0.333. The van der Waals surface area contributed by atoms with Gasteiger partial charge in [0.1, 0.15) is 11.6 Å². The molecule has 0 atom stereocenters. The van der Waals surface area contributed by atoms with Crippen LogP contribution in [0.3, 0.4) is 0 Å². The molecular weight excluding hydrogens is 246 g/mol. The Kier molecular flexibility index (Phi) is 3.74. The minimum atomic E-state index is -0.418. The highest BCUT2D eigenvalue weighted by Gasteiger charge is 2.12. The third-order valence-corrected chi connectivity index (χ3v) is 2.81. The molecule has 0 aliphatic carbocycles. The normalized spacial score (nSPS) is 10.4. The molecule has 2 aromatic rings. The number of rotatable bonds is 5. The van der Waals surface area contributed by atoms with Gasteiger partial charge in [-0.25, -0.2) is 9.97 Å². The molecule has 0 amide bonds. The summed E-state index contributed by atoms with van der Waals surface area (Å²) >= 11 is 0. The zero-order valence-corrected chi connectivity index (χ0v) is 10.8. The van der Waals surface area contributed by atoms with E-state index >= 15 is 0 Å². The van der Waals surface area contributed by atoms with Crippen LogP contribution in [0.4, 0.5) is 11.5 Å². The van der Waals surface area contributed by atoms with Crippen LogP contribution in [0.1, 0.15) is 18.4 Å². The fourth-order valence-electron chi connectivity index (χ4n) is 1.85. The third-order valence-electron chi connectivity index (χ3n) is 2.81. The van der Waals surface area contributed by atoms with E-state index in [0.29, 0.717) is 17.9 Å². The largest absolute Gasteiger partial charge is 0.373 e. The van der Waals surface area contributed by atoms with Crippen molar-refractivity contribution in [1.82, 2.24) is 14.5 Å².